The minimum absolute atomic E-state index is 0. The van der Waals surface area contributed by atoms with E-state index in [1.165, 1.54) is 34.5 Å². The zero-order valence-electron chi connectivity index (χ0n) is 8.88. The quantitative estimate of drug-likeness (QED) is 0.859. The van der Waals surface area contributed by atoms with Crippen molar-refractivity contribution >= 4 is 39.7 Å². The van der Waals surface area contributed by atoms with Crippen LogP contribution in [0.15, 0.2) is 15.9 Å². The van der Waals surface area contributed by atoms with Crippen LogP contribution in [0, 0.1) is 5.41 Å². The third-order valence-corrected chi connectivity index (χ3v) is 4.76. The van der Waals surface area contributed by atoms with Crippen molar-refractivity contribution in [3.8, 4) is 0 Å². The molecule has 0 atom stereocenters. The van der Waals surface area contributed by atoms with Gasteiger partial charge < -0.3 is 5.32 Å². The molecule has 0 bridgehead atoms. The van der Waals surface area contributed by atoms with E-state index in [1.807, 2.05) is 11.3 Å². The van der Waals surface area contributed by atoms with Gasteiger partial charge in [0.1, 0.15) is 0 Å². The summed E-state index contributed by atoms with van der Waals surface area (Å²) in [6, 6.07) is 4.31. The Balaban J connectivity index is 0.00000112. The number of nitrogens with one attached hydrogen (secondary N) is 1. The van der Waals surface area contributed by atoms with Crippen molar-refractivity contribution in [2.45, 2.75) is 32.7 Å². The third-order valence-electron chi connectivity index (χ3n) is 3.14. The normalized spacial score (nSPS) is 17.2. The topological polar surface area (TPSA) is 12.0 Å². The highest BCUT2D eigenvalue weighted by Gasteiger charge is 2.39. The van der Waals surface area contributed by atoms with Crippen LogP contribution in [0.4, 0.5) is 0 Å². The minimum atomic E-state index is 0. The molecular formula is C11H17BrClNS. The summed E-state index contributed by atoms with van der Waals surface area (Å²) in [5, 5.41) is 3.56. The van der Waals surface area contributed by atoms with Crippen LogP contribution in [-0.2, 0) is 6.54 Å². The Morgan fingerprint density at radius 2 is 2.20 bits per heavy atom. The highest BCUT2D eigenvalue weighted by Crippen LogP contribution is 2.47. The van der Waals surface area contributed by atoms with Crippen molar-refractivity contribution in [1.82, 2.24) is 5.32 Å². The van der Waals surface area contributed by atoms with Crippen molar-refractivity contribution in [1.29, 1.82) is 0 Å². The molecule has 0 unspecified atom stereocenters. The van der Waals surface area contributed by atoms with Gasteiger partial charge in [-0.25, -0.2) is 0 Å². The summed E-state index contributed by atoms with van der Waals surface area (Å²) in [4.78, 5) is 1.42. The van der Waals surface area contributed by atoms with Gasteiger partial charge in [-0.15, -0.1) is 23.7 Å². The summed E-state index contributed by atoms with van der Waals surface area (Å²) in [5.41, 5.74) is 0.661. The molecule has 1 fully saturated rings. The van der Waals surface area contributed by atoms with Crippen molar-refractivity contribution in [2.75, 3.05) is 6.54 Å². The van der Waals surface area contributed by atoms with E-state index in [0.717, 1.165) is 6.54 Å². The third kappa shape index (κ3) is 3.74. The fraction of sp³-hybridized carbons (Fsp3) is 0.636. The first-order valence-corrected chi connectivity index (χ1v) is 6.80. The molecule has 15 heavy (non-hydrogen) atoms. The average molecular weight is 311 g/mol. The molecular weight excluding hydrogens is 294 g/mol. The lowest BCUT2D eigenvalue weighted by atomic mass is 10.0. The maximum absolute atomic E-state index is 3.56. The van der Waals surface area contributed by atoms with Crippen LogP contribution in [0.25, 0.3) is 0 Å². The average Bonchev–Trinajstić information content (AvgIpc) is 2.84. The number of halogens is 2. The molecule has 0 aliphatic heterocycles. The molecule has 1 aromatic rings. The van der Waals surface area contributed by atoms with Gasteiger partial charge in [0.05, 0.1) is 3.79 Å². The van der Waals surface area contributed by atoms with Gasteiger partial charge in [0.15, 0.2) is 0 Å². The largest absolute Gasteiger partial charge is 0.311 e. The molecule has 1 N–H and O–H groups in total. The smallest absolute Gasteiger partial charge is 0.0701 e. The molecule has 0 aromatic carbocycles. The molecule has 0 amide bonds. The molecule has 1 heterocycles. The lowest BCUT2D eigenvalue weighted by Gasteiger charge is -2.12. The van der Waals surface area contributed by atoms with E-state index in [1.54, 1.807) is 0 Å². The Bertz CT molecular complexity index is 309. The summed E-state index contributed by atoms with van der Waals surface area (Å²) < 4.78 is 1.23. The minimum Gasteiger partial charge on any atom is -0.311 e. The van der Waals surface area contributed by atoms with E-state index in [-0.39, 0.29) is 12.4 Å². The van der Waals surface area contributed by atoms with Crippen LogP contribution in [0.3, 0.4) is 0 Å². The highest BCUT2D eigenvalue weighted by atomic mass is 79.9. The van der Waals surface area contributed by atoms with Crippen molar-refractivity contribution in [3.63, 3.8) is 0 Å². The van der Waals surface area contributed by atoms with E-state index < -0.39 is 0 Å². The second kappa shape index (κ2) is 5.67. The number of rotatable bonds is 5. The number of thiophene rings is 1. The predicted octanol–water partition coefficient (Wildman–Crippen LogP) is 4.21. The van der Waals surface area contributed by atoms with Gasteiger partial charge in [0, 0.05) is 18.0 Å². The summed E-state index contributed by atoms with van der Waals surface area (Å²) in [5.74, 6) is 0. The molecule has 0 spiro atoms. The maximum atomic E-state index is 3.56. The van der Waals surface area contributed by atoms with Crippen LogP contribution in [0.5, 0.6) is 0 Å². The van der Waals surface area contributed by atoms with E-state index in [4.69, 9.17) is 0 Å². The molecule has 1 nitrogen and oxygen atoms in total. The molecule has 1 aliphatic carbocycles. The van der Waals surface area contributed by atoms with Crippen LogP contribution >= 0.6 is 39.7 Å². The number of hydrogen-bond acceptors (Lipinski definition) is 2. The summed E-state index contributed by atoms with van der Waals surface area (Å²) in [6.07, 6.45) is 4.17. The van der Waals surface area contributed by atoms with Crippen molar-refractivity contribution in [2.24, 2.45) is 5.41 Å². The van der Waals surface area contributed by atoms with Crippen molar-refractivity contribution < 1.29 is 0 Å². The van der Waals surface area contributed by atoms with Gasteiger partial charge >= 0.3 is 0 Å². The van der Waals surface area contributed by atoms with Crippen LogP contribution in [0.1, 0.15) is 31.1 Å². The lowest BCUT2D eigenvalue weighted by Crippen LogP contribution is -2.22. The Morgan fingerprint density at radius 3 is 2.67 bits per heavy atom. The maximum Gasteiger partial charge on any atom is 0.0701 e. The van der Waals surface area contributed by atoms with Gasteiger partial charge in [0.25, 0.3) is 0 Å². The number of hydrogen-bond donors (Lipinski definition) is 1. The first kappa shape index (κ1) is 13.5. The Morgan fingerprint density at radius 1 is 1.47 bits per heavy atom. The molecule has 4 heteroatoms. The Kier molecular flexibility index (Phi) is 5.10. The van der Waals surface area contributed by atoms with Gasteiger partial charge in [-0.3, -0.25) is 0 Å². The Labute approximate surface area is 110 Å². The predicted molar refractivity (Wildman–Crippen MR) is 72.9 cm³/mol. The van der Waals surface area contributed by atoms with Crippen LogP contribution in [0.2, 0.25) is 0 Å². The van der Waals surface area contributed by atoms with E-state index in [9.17, 15) is 0 Å². The monoisotopic (exact) mass is 309 g/mol. The van der Waals surface area contributed by atoms with Crippen molar-refractivity contribution in [3.05, 3.63) is 20.8 Å². The highest BCUT2D eigenvalue weighted by molar-refractivity contribution is 9.11. The molecule has 0 radical (unpaired) electrons. The molecule has 2 rings (SSSR count). The van der Waals surface area contributed by atoms with E-state index in [0.29, 0.717) is 5.41 Å². The molecule has 1 aliphatic rings. The zero-order valence-corrected chi connectivity index (χ0v) is 12.1. The first-order valence-electron chi connectivity index (χ1n) is 5.19. The van der Waals surface area contributed by atoms with Crippen LogP contribution in [-0.4, -0.2) is 6.54 Å². The van der Waals surface area contributed by atoms with Gasteiger partial charge in [-0.1, -0.05) is 6.92 Å². The summed E-state index contributed by atoms with van der Waals surface area (Å²) in [6.45, 7) is 4.52. The molecule has 0 saturated heterocycles. The fourth-order valence-electron chi connectivity index (χ4n) is 1.73. The SMILES string of the molecule is CCC1(CNCc2ccc(Br)s2)CC1.Cl. The van der Waals surface area contributed by atoms with E-state index >= 15 is 0 Å². The Hall–Kier alpha value is 0.430. The summed E-state index contributed by atoms with van der Waals surface area (Å²) in [7, 11) is 0. The van der Waals surface area contributed by atoms with Crippen LogP contribution < -0.4 is 5.32 Å². The lowest BCUT2D eigenvalue weighted by molar-refractivity contribution is 0.444. The molecule has 1 aromatic heterocycles. The zero-order chi connectivity index (χ0) is 10.0. The molecule has 1 saturated carbocycles. The van der Waals surface area contributed by atoms with E-state index in [2.05, 4.69) is 40.3 Å². The second-order valence-corrected chi connectivity index (χ2v) is 6.71. The summed E-state index contributed by atoms with van der Waals surface area (Å²) >= 11 is 5.30. The first-order chi connectivity index (χ1) is 6.74. The fourth-order valence-corrected chi connectivity index (χ4v) is 3.18. The van der Waals surface area contributed by atoms with Gasteiger partial charge in [0.2, 0.25) is 0 Å². The van der Waals surface area contributed by atoms with Gasteiger partial charge in [-0.2, -0.15) is 0 Å². The second-order valence-electron chi connectivity index (χ2n) is 4.16. The standard InChI is InChI=1S/C11H16BrNS.ClH/c1-2-11(5-6-11)8-13-7-9-3-4-10(12)14-9;/h3-4,13H,2,5-8H2,1H3;1H. The molecule has 86 valence electrons. The van der Waals surface area contributed by atoms with Gasteiger partial charge in [-0.05, 0) is 52.7 Å².